The van der Waals surface area contributed by atoms with Crippen LogP contribution in [-0.2, 0) is 13.0 Å². The summed E-state index contributed by atoms with van der Waals surface area (Å²) in [5.41, 5.74) is 6.06. The first kappa shape index (κ1) is 15.0. The number of aromatic nitrogens is 1. The topological polar surface area (TPSA) is 42.8 Å². The van der Waals surface area contributed by atoms with Crippen molar-refractivity contribution in [1.29, 1.82) is 5.26 Å². The molecule has 3 heteroatoms. The normalized spacial score (nSPS) is 17.6. The minimum Gasteiger partial charge on any atom is -0.357 e. The molecule has 3 nitrogen and oxygen atoms in total. The number of nitrogens with one attached hydrogen (secondary N) is 1. The summed E-state index contributed by atoms with van der Waals surface area (Å²) < 4.78 is 0. The Morgan fingerprint density at radius 1 is 1.21 bits per heavy atom. The zero-order valence-corrected chi connectivity index (χ0v) is 13.9. The molecule has 1 atom stereocenters. The van der Waals surface area contributed by atoms with Gasteiger partial charge >= 0.3 is 0 Å². The molecule has 1 aliphatic heterocycles. The second-order valence-corrected chi connectivity index (χ2v) is 6.52. The van der Waals surface area contributed by atoms with Crippen LogP contribution in [0.4, 0.5) is 0 Å². The Labute approximate surface area is 142 Å². The predicted molar refractivity (Wildman–Crippen MR) is 96.6 cm³/mol. The molecule has 0 fully saturated rings. The summed E-state index contributed by atoms with van der Waals surface area (Å²) in [6, 6.07) is 19.2. The molecule has 0 radical (unpaired) electrons. The summed E-state index contributed by atoms with van der Waals surface area (Å²) in [4.78, 5) is 6.20. The lowest BCUT2D eigenvalue weighted by atomic mass is 9.95. The molecule has 1 N–H and O–H groups in total. The predicted octanol–water partition coefficient (Wildman–Crippen LogP) is 4.55. The van der Waals surface area contributed by atoms with E-state index >= 15 is 0 Å². The van der Waals surface area contributed by atoms with Crippen LogP contribution in [0, 0.1) is 11.3 Å². The maximum Gasteiger partial charge on any atom is 0.0991 e. The van der Waals surface area contributed by atoms with E-state index in [4.69, 9.17) is 5.26 Å². The SMILES string of the molecule is CCC1c2[nH]c3ccccc3c2CCN1Cc1cccc(C#N)c1. The number of rotatable bonds is 3. The molecule has 1 aromatic heterocycles. The van der Waals surface area contributed by atoms with E-state index in [9.17, 15) is 0 Å². The molecule has 0 saturated carbocycles. The van der Waals surface area contributed by atoms with E-state index in [1.54, 1.807) is 0 Å². The van der Waals surface area contributed by atoms with Crippen molar-refractivity contribution in [2.45, 2.75) is 32.4 Å². The first-order valence-corrected chi connectivity index (χ1v) is 8.62. The average Bonchev–Trinajstić information content (AvgIpc) is 3.00. The van der Waals surface area contributed by atoms with Gasteiger partial charge in [0.1, 0.15) is 0 Å². The zero-order valence-electron chi connectivity index (χ0n) is 13.9. The van der Waals surface area contributed by atoms with Gasteiger partial charge in [0.2, 0.25) is 0 Å². The Balaban J connectivity index is 1.67. The van der Waals surface area contributed by atoms with Gasteiger partial charge in [0.05, 0.1) is 17.7 Å². The van der Waals surface area contributed by atoms with Crippen LogP contribution >= 0.6 is 0 Å². The Bertz CT molecular complexity index is 916. The average molecular weight is 315 g/mol. The Morgan fingerprint density at radius 3 is 2.92 bits per heavy atom. The molecule has 1 unspecified atom stereocenters. The summed E-state index contributed by atoms with van der Waals surface area (Å²) in [7, 11) is 0. The van der Waals surface area contributed by atoms with Crippen molar-refractivity contribution in [2.75, 3.05) is 6.54 Å². The highest BCUT2D eigenvalue weighted by atomic mass is 15.2. The van der Waals surface area contributed by atoms with Crippen LogP contribution in [-0.4, -0.2) is 16.4 Å². The number of hydrogen-bond donors (Lipinski definition) is 1. The summed E-state index contributed by atoms with van der Waals surface area (Å²) in [5.74, 6) is 0. The van der Waals surface area contributed by atoms with Crippen LogP contribution in [0.3, 0.4) is 0 Å². The molecule has 2 heterocycles. The number of H-pyrrole nitrogens is 1. The smallest absolute Gasteiger partial charge is 0.0991 e. The summed E-state index contributed by atoms with van der Waals surface area (Å²) >= 11 is 0. The van der Waals surface area contributed by atoms with E-state index in [2.05, 4.69) is 53.2 Å². The van der Waals surface area contributed by atoms with Gasteiger partial charge in [0.15, 0.2) is 0 Å². The van der Waals surface area contributed by atoms with E-state index in [1.165, 1.54) is 27.7 Å². The lowest BCUT2D eigenvalue weighted by Gasteiger charge is -2.35. The maximum atomic E-state index is 9.11. The molecule has 2 aromatic carbocycles. The summed E-state index contributed by atoms with van der Waals surface area (Å²) in [6.07, 6.45) is 2.16. The monoisotopic (exact) mass is 315 g/mol. The third-order valence-electron chi connectivity index (χ3n) is 5.10. The van der Waals surface area contributed by atoms with Crippen molar-refractivity contribution in [3.8, 4) is 6.07 Å². The fraction of sp³-hybridized carbons (Fsp3) is 0.286. The fourth-order valence-electron chi connectivity index (χ4n) is 3.99. The van der Waals surface area contributed by atoms with E-state index in [0.29, 0.717) is 6.04 Å². The molecule has 3 aromatic rings. The molecule has 120 valence electrons. The highest BCUT2D eigenvalue weighted by Crippen LogP contribution is 2.36. The molecular formula is C21H21N3. The van der Waals surface area contributed by atoms with E-state index in [1.807, 2.05) is 18.2 Å². The second kappa shape index (κ2) is 6.14. The van der Waals surface area contributed by atoms with E-state index in [0.717, 1.165) is 31.5 Å². The number of nitrogens with zero attached hydrogens (tertiary/aromatic N) is 2. The van der Waals surface area contributed by atoms with Gasteiger partial charge in [-0.2, -0.15) is 5.26 Å². The standard InChI is InChI=1S/C21H21N3/c1-2-20-21-18(17-8-3-4-9-19(17)23-21)10-11-24(20)14-16-7-5-6-15(12-16)13-22/h3-9,12,20,23H,2,10-11,14H2,1H3. The Hall–Kier alpha value is -2.57. The van der Waals surface area contributed by atoms with Crippen molar-refractivity contribution in [1.82, 2.24) is 9.88 Å². The molecule has 0 spiro atoms. The van der Waals surface area contributed by atoms with Gasteiger partial charge in [-0.15, -0.1) is 0 Å². The lowest BCUT2D eigenvalue weighted by Crippen LogP contribution is -2.34. The van der Waals surface area contributed by atoms with Crippen molar-refractivity contribution in [2.24, 2.45) is 0 Å². The molecule has 0 bridgehead atoms. The quantitative estimate of drug-likeness (QED) is 0.770. The third kappa shape index (κ3) is 2.50. The zero-order chi connectivity index (χ0) is 16.5. The van der Waals surface area contributed by atoms with Crippen LogP contribution in [0.2, 0.25) is 0 Å². The minimum atomic E-state index is 0.409. The van der Waals surface area contributed by atoms with Crippen LogP contribution in [0.1, 0.15) is 41.8 Å². The van der Waals surface area contributed by atoms with Crippen LogP contribution in [0.25, 0.3) is 10.9 Å². The largest absolute Gasteiger partial charge is 0.357 e. The van der Waals surface area contributed by atoms with Crippen molar-refractivity contribution >= 4 is 10.9 Å². The van der Waals surface area contributed by atoms with E-state index in [-0.39, 0.29) is 0 Å². The number of nitriles is 1. The van der Waals surface area contributed by atoms with Crippen molar-refractivity contribution < 1.29 is 0 Å². The summed E-state index contributed by atoms with van der Waals surface area (Å²) in [6.45, 7) is 4.21. The van der Waals surface area contributed by atoms with Crippen LogP contribution < -0.4 is 0 Å². The van der Waals surface area contributed by atoms with E-state index < -0.39 is 0 Å². The van der Waals surface area contributed by atoms with Gasteiger partial charge < -0.3 is 4.98 Å². The lowest BCUT2D eigenvalue weighted by molar-refractivity contribution is 0.168. The van der Waals surface area contributed by atoms with Gasteiger partial charge in [0.25, 0.3) is 0 Å². The first-order valence-electron chi connectivity index (χ1n) is 8.62. The molecule has 0 saturated heterocycles. The number of fused-ring (bicyclic) bond motifs is 3. The van der Waals surface area contributed by atoms with Gasteiger partial charge in [0, 0.05) is 29.7 Å². The van der Waals surface area contributed by atoms with Gasteiger partial charge in [-0.25, -0.2) is 0 Å². The third-order valence-corrected chi connectivity index (χ3v) is 5.10. The van der Waals surface area contributed by atoms with Gasteiger partial charge in [-0.1, -0.05) is 37.3 Å². The molecule has 4 rings (SSSR count). The molecule has 1 aliphatic rings. The Morgan fingerprint density at radius 2 is 2.08 bits per heavy atom. The fourth-order valence-corrected chi connectivity index (χ4v) is 3.99. The van der Waals surface area contributed by atoms with Gasteiger partial charge in [-0.3, -0.25) is 4.90 Å². The number of para-hydroxylation sites is 1. The second-order valence-electron chi connectivity index (χ2n) is 6.52. The van der Waals surface area contributed by atoms with Crippen molar-refractivity contribution in [3.63, 3.8) is 0 Å². The first-order chi connectivity index (χ1) is 11.8. The maximum absolute atomic E-state index is 9.11. The molecule has 24 heavy (non-hydrogen) atoms. The minimum absolute atomic E-state index is 0.409. The van der Waals surface area contributed by atoms with Crippen LogP contribution in [0.5, 0.6) is 0 Å². The Kier molecular flexibility index (Phi) is 3.84. The molecule has 0 aliphatic carbocycles. The summed E-state index contributed by atoms with van der Waals surface area (Å²) in [5, 5.41) is 10.5. The van der Waals surface area contributed by atoms with Gasteiger partial charge in [-0.05, 0) is 42.2 Å². The molecular weight excluding hydrogens is 294 g/mol. The number of aromatic amines is 1. The van der Waals surface area contributed by atoms with Crippen molar-refractivity contribution in [3.05, 3.63) is 70.9 Å². The van der Waals surface area contributed by atoms with Crippen LogP contribution in [0.15, 0.2) is 48.5 Å². The number of benzene rings is 2. The highest BCUT2D eigenvalue weighted by Gasteiger charge is 2.28. The molecule has 0 amide bonds. The number of hydrogen-bond acceptors (Lipinski definition) is 2. The highest BCUT2D eigenvalue weighted by molar-refractivity contribution is 5.85.